The van der Waals surface area contributed by atoms with Crippen molar-refractivity contribution in [3.8, 4) is 5.75 Å². The van der Waals surface area contributed by atoms with Crippen molar-refractivity contribution >= 4 is 11.7 Å². The van der Waals surface area contributed by atoms with Gasteiger partial charge in [-0.25, -0.2) is 0 Å². The summed E-state index contributed by atoms with van der Waals surface area (Å²) in [6, 6.07) is 7.59. The van der Waals surface area contributed by atoms with Gasteiger partial charge < -0.3 is 9.64 Å². The normalized spacial score (nSPS) is 15.1. The molecule has 132 valence electrons. The smallest absolute Gasteiger partial charge is 0.222 e. The molecule has 0 unspecified atom stereocenters. The zero-order valence-electron chi connectivity index (χ0n) is 14.9. The Labute approximate surface area is 145 Å². The van der Waals surface area contributed by atoms with E-state index in [1.54, 1.807) is 31.2 Å². The number of rotatable bonds is 8. The molecule has 2 rings (SSSR count). The van der Waals surface area contributed by atoms with Crippen molar-refractivity contribution in [1.82, 2.24) is 4.90 Å². The Morgan fingerprint density at radius 1 is 1.12 bits per heavy atom. The summed E-state index contributed by atoms with van der Waals surface area (Å²) >= 11 is 0. The maximum atomic E-state index is 12.4. The van der Waals surface area contributed by atoms with Gasteiger partial charge in [0.15, 0.2) is 5.78 Å². The largest absolute Gasteiger partial charge is 0.494 e. The van der Waals surface area contributed by atoms with Crippen LogP contribution in [0, 0.1) is 0 Å². The van der Waals surface area contributed by atoms with E-state index in [4.69, 9.17) is 4.74 Å². The van der Waals surface area contributed by atoms with E-state index in [2.05, 4.69) is 11.8 Å². The molecule has 1 aliphatic rings. The van der Waals surface area contributed by atoms with Crippen molar-refractivity contribution in [2.24, 2.45) is 0 Å². The van der Waals surface area contributed by atoms with Gasteiger partial charge >= 0.3 is 0 Å². The van der Waals surface area contributed by atoms with Crippen LogP contribution in [-0.4, -0.2) is 35.8 Å². The molecule has 1 aromatic carbocycles. The number of hydrogen-bond acceptors (Lipinski definition) is 3. The molecule has 0 heterocycles. The standard InChI is InChI=1S/C20H29NO3/c1-3-21(18-8-5-4-6-9-18)20(23)10-7-15-24-19-13-11-17(12-14-19)16(2)22/h11-14,18H,3-10,15H2,1-2H3. The van der Waals surface area contributed by atoms with Gasteiger partial charge in [0.2, 0.25) is 5.91 Å². The molecule has 0 spiro atoms. The molecule has 0 N–H and O–H groups in total. The summed E-state index contributed by atoms with van der Waals surface area (Å²) in [7, 11) is 0. The molecule has 0 aromatic heterocycles. The van der Waals surface area contributed by atoms with Gasteiger partial charge in [-0.3, -0.25) is 9.59 Å². The second kappa shape index (κ2) is 9.45. The van der Waals surface area contributed by atoms with Gasteiger partial charge in [-0.1, -0.05) is 19.3 Å². The Kier molecular flexibility index (Phi) is 7.29. The van der Waals surface area contributed by atoms with Crippen molar-refractivity contribution in [2.75, 3.05) is 13.2 Å². The second-order valence-electron chi connectivity index (χ2n) is 6.50. The highest BCUT2D eigenvalue weighted by atomic mass is 16.5. The molecule has 4 heteroatoms. The van der Waals surface area contributed by atoms with E-state index >= 15 is 0 Å². The fourth-order valence-electron chi connectivity index (χ4n) is 3.37. The van der Waals surface area contributed by atoms with E-state index in [1.807, 2.05) is 0 Å². The quantitative estimate of drug-likeness (QED) is 0.529. The summed E-state index contributed by atoms with van der Waals surface area (Å²) in [6.07, 6.45) is 7.35. The monoisotopic (exact) mass is 331 g/mol. The van der Waals surface area contributed by atoms with Gasteiger partial charge in [-0.15, -0.1) is 0 Å². The van der Waals surface area contributed by atoms with Gasteiger partial charge in [0.1, 0.15) is 5.75 Å². The lowest BCUT2D eigenvalue weighted by Crippen LogP contribution is -2.41. The predicted octanol–water partition coefficient (Wildman–Crippen LogP) is 4.23. The van der Waals surface area contributed by atoms with Crippen LogP contribution >= 0.6 is 0 Å². The third-order valence-electron chi connectivity index (χ3n) is 4.74. The van der Waals surface area contributed by atoms with E-state index in [0.29, 0.717) is 24.6 Å². The summed E-state index contributed by atoms with van der Waals surface area (Å²) in [5.74, 6) is 1.04. The van der Waals surface area contributed by atoms with Crippen molar-refractivity contribution in [3.63, 3.8) is 0 Å². The molecule has 4 nitrogen and oxygen atoms in total. The van der Waals surface area contributed by atoms with Crippen molar-refractivity contribution < 1.29 is 14.3 Å². The molecule has 0 atom stereocenters. The zero-order chi connectivity index (χ0) is 17.4. The van der Waals surface area contributed by atoms with E-state index in [-0.39, 0.29) is 11.7 Å². The number of nitrogens with zero attached hydrogens (tertiary/aromatic N) is 1. The first-order valence-electron chi connectivity index (χ1n) is 9.15. The van der Waals surface area contributed by atoms with E-state index < -0.39 is 0 Å². The lowest BCUT2D eigenvalue weighted by Gasteiger charge is -2.33. The first-order valence-corrected chi connectivity index (χ1v) is 9.15. The van der Waals surface area contributed by atoms with Crippen molar-refractivity contribution in [2.45, 2.75) is 64.8 Å². The van der Waals surface area contributed by atoms with Crippen LogP contribution in [0.3, 0.4) is 0 Å². The highest BCUT2D eigenvalue weighted by Gasteiger charge is 2.23. The minimum atomic E-state index is 0.0505. The average Bonchev–Trinajstić information content (AvgIpc) is 2.61. The Bertz CT molecular complexity index is 532. The molecule has 1 fully saturated rings. The van der Waals surface area contributed by atoms with E-state index in [1.165, 1.54) is 19.3 Å². The minimum absolute atomic E-state index is 0.0505. The molecule has 1 amide bonds. The third-order valence-corrected chi connectivity index (χ3v) is 4.74. The van der Waals surface area contributed by atoms with Crippen molar-refractivity contribution in [3.05, 3.63) is 29.8 Å². The number of ketones is 1. The Morgan fingerprint density at radius 2 is 1.79 bits per heavy atom. The SMILES string of the molecule is CCN(C(=O)CCCOc1ccc(C(C)=O)cc1)C1CCCCC1. The second-order valence-corrected chi connectivity index (χ2v) is 6.50. The summed E-state index contributed by atoms with van der Waals surface area (Å²) in [5.41, 5.74) is 0.684. The van der Waals surface area contributed by atoms with Gasteiger partial charge in [0, 0.05) is 24.6 Å². The number of carbonyl (C=O) groups excluding carboxylic acids is 2. The number of hydrogen-bond donors (Lipinski definition) is 0. The molecular formula is C20H29NO3. The minimum Gasteiger partial charge on any atom is -0.494 e. The molecule has 0 saturated heterocycles. The average molecular weight is 331 g/mol. The first kappa shape index (κ1) is 18.5. The van der Waals surface area contributed by atoms with Crippen LogP contribution < -0.4 is 4.74 Å². The van der Waals surface area contributed by atoms with Crippen LogP contribution in [0.4, 0.5) is 0 Å². The topological polar surface area (TPSA) is 46.6 Å². The van der Waals surface area contributed by atoms with Gasteiger partial charge in [0.25, 0.3) is 0 Å². The number of ether oxygens (including phenoxy) is 1. The van der Waals surface area contributed by atoms with Gasteiger partial charge in [-0.05, 0) is 57.4 Å². The molecule has 1 aliphatic carbocycles. The summed E-state index contributed by atoms with van der Waals surface area (Å²) < 4.78 is 5.67. The van der Waals surface area contributed by atoms with Gasteiger partial charge in [-0.2, -0.15) is 0 Å². The Morgan fingerprint density at radius 3 is 2.38 bits per heavy atom. The maximum Gasteiger partial charge on any atom is 0.222 e. The number of benzene rings is 1. The van der Waals surface area contributed by atoms with Crippen LogP contribution in [0.25, 0.3) is 0 Å². The lowest BCUT2D eigenvalue weighted by atomic mass is 9.94. The van der Waals surface area contributed by atoms with Crippen LogP contribution in [0.1, 0.15) is 69.2 Å². The lowest BCUT2D eigenvalue weighted by molar-refractivity contribution is -0.134. The summed E-state index contributed by atoms with van der Waals surface area (Å²) in [4.78, 5) is 25.7. The van der Waals surface area contributed by atoms with Crippen molar-refractivity contribution in [1.29, 1.82) is 0 Å². The van der Waals surface area contributed by atoms with Crippen LogP contribution in [0.2, 0.25) is 0 Å². The van der Waals surface area contributed by atoms with Gasteiger partial charge in [0.05, 0.1) is 6.61 Å². The van der Waals surface area contributed by atoms with Crippen LogP contribution in [0.5, 0.6) is 5.75 Å². The molecule has 0 radical (unpaired) electrons. The summed E-state index contributed by atoms with van der Waals surface area (Å²) in [5, 5.41) is 0. The van der Waals surface area contributed by atoms with E-state index in [0.717, 1.165) is 31.6 Å². The van der Waals surface area contributed by atoms with Crippen LogP contribution in [-0.2, 0) is 4.79 Å². The Balaban J connectivity index is 1.72. The zero-order valence-corrected chi connectivity index (χ0v) is 14.9. The number of carbonyl (C=O) groups is 2. The highest BCUT2D eigenvalue weighted by molar-refractivity contribution is 5.94. The Hall–Kier alpha value is -1.84. The molecule has 0 aliphatic heterocycles. The fourth-order valence-corrected chi connectivity index (χ4v) is 3.37. The molecule has 24 heavy (non-hydrogen) atoms. The molecular weight excluding hydrogens is 302 g/mol. The molecule has 1 saturated carbocycles. The third kappa shape index (κ3) is 5.36. The number of amides is 1. The molecule has 1 aromatic rings. The maximum absolute atomic E-state index is 12.4. The first-order chi connectivity index (χ1) is 11.6. The fraction of sp³-hybridized carbons (Fsp3) is 0.600. The highest BCUT2D eigenvalue weighted by Crippen LogP contribution is 2.23. The summed E-state index contributed by atoms with van der Waals surface area (Å²) in [6.45, 7) is 4.94. The predicted molar refractivity (Wildman–Crippen MR) is 95.4 cm³/mol. The number of Topliss-reactive ketones (excluding diaryl/α,β-unsaturated/α-hetero) is 1. The molecule has 0 bridgehead atoms. The van der Waals surface area contributed by atoms with E-state index in [9.17, 15) is 9.59 Å². The van der Waals surface area contributed by atoms with Crippen LogP contribution in [0.15, 0.2) is 24.3 Å².